The van der Waals surface area contributed by atoms with E-state index in [1.165, 1.54) is 64.7 Å². The molecule has 0 aromatic heterocycles. The van der Waals surface area contributed by atoms with E-state index in [9.17, 15) is 5.11 Å². The summed E-state index contributed by atoms with van der Waals surface area (Å²) in [5.41, 5.74) is 0. The predicted molar refractivity (Wildman–Crippen MR) is 75.8 cm³/mol. The highest BCUT2D eigenvalue weighted by atomic mass is 16.3. The van der Waals surface area contributed by atoms with Gasteiger partial charge in [0.15, 0.2) is 0 Å². The van der Waals surface area contributed by atoms with Gasteiger partial charge < -0.3 is 14.9 Å². The first kappa shape index (κ1) is 14.3. The van der Waals surface area contributed by atoms with Crippen molar-refractivity contribution in [2.24, 2.45) is 5.92 Å². The SMILES string of the molecule is CCN1CCC(C(O)CN2CCCCCC2)CC1. The maximum Gasteiger partial charge on any atom is 0.0696 e. The molecule has 2 aliphatic rings. The molecule has 2 heterocycles. The second kappa shape index (κ2) is 7.46. The van der Waals surface area contributed by atoms with Gasteiger partial charge in [-0.25, -0.2) is 0 Å². The summed E-state index contributed by atoms with van der Waals surface area (Å²) in [6, 6.07) is 0. The minimum Gasteiger partial charge on any atom is -0.392 e. The van der Waals surface area contributed by atoms with Gasteiger partial charge in [-0.1, -0.05) is 19.8 Å². The molecule has 1 unspecified atom stereocenters. The molecule has 2 saturated heterocycles. The van der Waals surface area contributed by atoms with Crippen LogP contribution >= 0.6 is 0 Å². The van der Waals surface area contributed by atoms with Crippen LogP contribution in [0.3, 0.4) is 0 Å². The Bertz CT molecular complexity index is 219. The first-order chi connectivity index (χ1) is 8.79. The molecule has 3 heteroatoms. The fourth-order valence-electron chi connectivity index (χ4n) is 3.39. The van der Waals surface area contributed by atoms with Gasteiger partial charge in [-0.15, -0.1) is 0 Å². The van der Waals surface area contributed by atoms with Crippen LogP contribution in [0.1, 0.15) is 45.4 Å². The molecule has 1 N–H and O–H groups in total. The van der Waals surface area contributed by atoms with E-state index >= 15 is 0 Å². The van der Waals surface area contributed by atoms with Crippen LogP contribution in [0, 0.1) is 5.92 Å². The van der Waals surface area contributed by atoms with Crippen molar-refractivity contribution in [2.45, 2.75) is 51.6 Å². The lowest BCUT2D eigenvalue weighted by Crippen LogP contribution is -2.42. The van der Waals surface area contributed by atoms with E-state index in [1.54, 1.807) is 0 Å². The quantitative estimate of drug-likeness (QED) is 0.831. The number of aliphatic hydroxyl groups excluding tert-OH is 1. The van der Waals surface area contributed by atoms with Gasteiger partial charge in [-0.05, 0) is 64.3 Å². The number of likely N-dealkylation sites (tertiary alicyclic amines) is 2. The molecule has 0 amide bonds. The Balaban J connectivity index is 1.72. The summed E-state index contributed by atoms with van der Waals surface area (Å²) in [7, 11) is 0. The van der Waals surface area contributed by atoms with E-state index in [-0.39, 0.29) is 6.10 Å². The molecule has 106 valence electrons. The average Bonchev–Trinajstić information content (AvgIpc) is 2.67. The molecule has 2 fully saturated rings. The highest BCUT2D eigenvalue weighted by Crippen LogP contribution is 2.22. The molecular formula is C15H30N2O. The van der Waals surface area contributed by atoms with Crippen LogP contribution in [0.2, 0.25) is 0 Å². The Morgan fingerprint density at radius 3 is 2.11 bits per heavy atom. The number of piperidine rings is 1. The third kappa shape index (κ3) is 4.22. The molecule has 0 spiro atoms. The maximum atomic E-state index is 10.4. The number of hydrogen-bond acceptors (Lipinski definition) is 3. The van der Waals surface area contributed by atoms with Gasteiger partial charge in [0.2, 0.25) is 0 Å². The summed E-state index contributed by atoms with van der Waals surface area (Å²) >= 11 is 0. The zero-order valence-corrected chi connectivity index (χ0v) is 12.0. The lowest BCUT2D eigenvalue weighted by Gasteiger charge is -2.35. The van der Waals surface area contributed by atoms with Crippen LogP contribution in [0.25, 0.3) is 0 Å². The van der Waals surface area contributed by atoms with Gasteiger partial charge in [0.05, 0.1) is 6.10 Å². The van der Waals surface area contributed by atoms with Crippen LogP contribution < -0.4 is 0 Å². The molecule has 18 heavy (non-hydrogen) atoms. The molecule has 0 aromatic carbocycles. The largest absolute Gasteiger partial charge is 0.392 e. The third-order valence-corrected chi connectivity index (χ3v) is 4.77. The van der Waals surface area contributed by atoms with Crippen molar-refractivity contribution in [3.8, 4) is 0 Å². The molecular weight excluding hydrogens is 224 g/mol. The summed E-state index contributed by atoms with van der Waals surface area (Å²) in [4.78, 5) is 4.99. The maximum absolute atomic E-state index is 10.4. The highest BCUT2D eigenvalue weighted by Gasteiger charge is 2.26. The van der Waals surface area contributed by atoms with Crippen LogP contribution in [-0.4, -0.2) is 60.3 Å². The summed E-state index contributed by atoms with van der Waals surface area (Å²) in [6.07, 6.45) is 7.67. The van der Waals surface area contributed by atoms with Crippen molar-refractivity contribution < 1.29 is 5.11 Å². The van der Waals surface area contributed by atoms with E-state index in [4.69, 9.17) is 0 Å². The van der Waals surface area contributed by atoms with Crippen molar-refractivity contribution in [2.75, 3.05) is 39.3 Å². The predicted octanol–water partition coefficient (Wildman–Crippen LogP) is 1.96. The fourth-order valence-corrected chi connectivity index (χ4v) is 3.39. The van der Waals surface area contributed by atoms with Gasteiger partial charge in [-0.2, -0.15) is 0 Å². The molecule has 0 bridgehead atoms. The standard InChI is InChI=1S/C15H30N2O/c1-2-16-11-7-14(8-12-16)15(18)13-17-9-5-3-4-6-10-17/h14-15,18H,2-13H2,1H3. The normalized spacial score (nSPS) is 27.0. The van der Waals surface area contributed by atoms with Crippen molar-refractivity contribution >= 4 is 0 Å². The molecule has 2 aliphatic heterocycles. The van der Waals surface area contributed by atoms with E-state index in [0.717, 1.165) is 13.1 Å². The van der Waals surface area contributed by atoms with E-state index in [2.05, 4.69) is 16.7 Å². The number of rotatable bonds is 4. The van der Waals surface area contributed by atoms with Crippen molar-refractivity contribution in [3.63, 3.8) is 0 Å². The fraction of sp³-hybridized carbons (Fsp3) is 1.00. The smallest absolute Gasteiger partial charge is 0.0696 e. The van der Waals surface area contributed by atoms with Crippen molar-refractivity contribution in [1.29, 1.82) is 0 Å². The summed E-state index contributed by atoms with van der Waals surface area (Å²) < 4.78 is 0. The second-order valence-electron chi connectivity index (χ2n) is 6.05. The minimum absolute atomic E-state index is 0.0953. The third-order valence-electron chi connectivity index (χ3n) is 4.77. The first-order valence-corrected chi connectivity index (χ1v) is 7.92. The van der Waals surface area contributed by atoms with Gasteiger partial charge >= 0.3 is 0 Å². The Morgan fingerprint density at radius 2 is 1.56 bits per heavy atom. The monoisotopic (exact) mass is 254 g/mol. The molecule has 1 atom stereocenters. The van der Waals surface area contributed by atoms with Gasteiger partial charge in [-0.3, -0.25) is 0 Å². The Hall–Kier alpha value is -0.120. The zero-order chi connectivity index (χ0) is 12.8. The van der Waals surface area contributed by atoms with Gasteiger partial charge in [0.1, 0.15) is 0 Å². The zero-order valence-electron chi connectivity index (χ0n) is 12.0. The lowest BCUT2D eigenvalue weighted by atomic mass is 9.91. The summed E-state index contributed by atoms with van der Waals surface area (Å²) in [5, 5.41) is 10.4. The van der Waals surface area contributed by atoms with Gasteiger partial charge in [0, 0.05) is 6.54 Å². The molecule has 0 aliphatic carbocycles. The number of nitrogens with zero attached hydrogens (tertiary/aromatic N) is 2. The molecule has 2 rings (SSSR count). The van der Waals surface area contributed by atoms with Crippen molar-refractivity contribution in [3.05, 3.63) is 0 Å². The van der Waals surface area contributed by atoms with Crippen LogP contribution in [0.15, 0.2) is 0 Å². The number of hydrogen-bond donors (Lipinski definition) is 1. The topological polar surface area (TPSA) is 26.7 Å². The number of aliphatic hydroxyl groups is 1. The van der Waals surface area contributed by atoms with Crippen LogP contribution in [0.5, 0.6) is 0 Å². The van der Waals surface area contributed by atoms with Crippen LogP contribution in [0.4, 0.5) is 0 Å². The second-order valence-corrected chi connectivity index (χ2v) is 6.05. The molecule has 0 radical (unpaired) electrons. The molecule has 0 saturated carbocycles. The van der Waals surface area contributed by atoms with E-state index < -0.39 is 0 Å². The summed E-state index contributed by atoms with van der Waals surface area (Å²) in [6.45, 7) is 9.06. The Morgan fingerprint density at radius 1 is 0.944 bits per heavy atom. The summed E-state index contributed by atoms with van der Waals surface area (Å²) in [5.74, 6) is 0.538. The minimum atomic E-state index is -0.0953. The first-order valence-electron chi connectivity index (χ1n) is 7.92. The highest BCUT2D eigenvalue weighted by molar-refractivity contribution is 4.79. The average molecular weight is 254 g/mol. The Labute approximate surface area is 112 Å². The van der Waals surface area contributed by atoms with Crippen molar-refractivity contribution in [1.82, 2.24) is 9.80 Å². The van der Waals surface area contributed by atoms with Crippen LogP contribution in [-0.2, 0) is 0 Å². The van der Waals surface area contributed by atoms with Gasteiger partial charge in [0.25, 0.3) is 0 Å². The van der Waals surface area contributed by atoms with E-state index in [0.29, 0.717) is 5.92 Å². The number of β-amino-alcohol motifs (C(OH)–C–C–N with tert-alkyl or cyclic N) is 1. The lowest BCUT2D eigenvalue weighted by molar-refractivity contribution is 0.0331. The Kier molecular flexibility index (Phi) is 5.93. The molecule has 3 nitrogen and oxygen atoms in total. The molecule has 0 aromatic rings. The van der Waals surface area contributed by atoms with E-state index in [1.807, 2.05) is 0 Å².